The van der Waals surface area contributed by atoms with Crippen molar-refractivity contribution in [2.45, 2.75) is 20.3 Å². The monoisotopic (exact) mass is 198 g/mol. The molecule has 0 atom stereocenters. The van der Waals surface area contributed by atoms with Crippen molar-refractivity contribution in [3.8, 4) is 0 Å². The summed E-state index contributed by atoms with van der Waals surface area (Å²) in [6.07, 6.45) is 1.54. The number of carbonyl (C=O) groups excluding carboxylic acids is 2. The van der Waals surface area contributed by atoms with Gasteiger partial charge in [0.1, 0.15) is 0 Å². The van der Waals surface area contributed by atoms with E-state index in [1.807, 2.05) is 13.8 Å². The van der Waals surface area contributed by atoms with Gasteiger partial charge in [0.05, 0.1) is 0 Å². The molecule has 0 saturated carbocycles. The number of rotatable bonds is 6. The average Bonchev–Trinajstić information content (AvgIpc) is 2.19. The largest absolute Gasteiger partial charge is 0.352 e. The smallest absolute Gasteiger partial charge is 0.243 e. The minimum Gasteiger partial charge on any atom is -0.352 e. The fraction of sp³-hybridized carbons (Fsp3) is 0.600. The lowest BCUT2D eigenvalue weighted by Crippen LogP contribution is -2.33. The second kappa shape index (κ2) is 7.12. The van der Waals surface area contributed by atoms with Crippen LogP contribution in [-0.4, -0.2) is 36.3 Å². The zero-order valence-corrected chi connectivity index (χ0v) is 8.88. The van der Waals surface area contributed by atoms with E-state index in [-0.39, 0.29) is 11.8 Å². The molecule has 14 heavy (non-hydrogen) atoms. The Balaban J connectivity index is 3.73. The van der Waals surface area contributed by atoms with Gasteiger partial charge in [-0.15, -0.1) is 0 Å². The average molecular weight is 198 g/mol. The van der Waals surface area contributed by atoms with Gasteiger partial charge < -0.3 is 10.2 Å². The number of nitrogens with zero attached hydrogens (tertiary/aromatic N) is 1. The molecule has 0 unspecified atom stereocenters. The van der Waals surface area contributed by atoms with E-state index in [2.05, 4.69) is 11.9 Å². The summed E-state index contributed by atoms with van der Waals surface area (Å²) in [6.45, 7) is 8.99. The van der Waals surface area contributed by atoms with Gasteiger partial charge >= 0.3 is 0 Å². The van der Waals surface area contributed by atoms with Crippen LogP contribution in [0.25, 0.3) is 0 Å². The van der Waals surface area contributed by atoms with E-state index < -0.39 is 0 Å². The van der Waals surface area contributed by atoms with Crippen LogP contribution in [0.1, 0.15) is 20.3 Å². The number of hydrogen-bond donors (Lipinski definition) is 1. The molecule has 0 aliphatic heterocycles. The van der Waals surface area contributed by atoms with Crippen LogP contribution in [0.3, 0.4) is 0 Å². The lowest BCUT2D eigenvalue weighted by Gasteiger charge is -2.18. The van der Waals surface area contributed by atoms with Crippen molar-refractivity contribution in [1.82, 2.24) is 10.2 Å². The molecule has 0 spiro atoms. The fourth-order valence-electron chi connectivity index (χ4n) is 1.10. The first kappa shape index (κ1) is 12.7. The van der Waals surface area contributed by atoms with Crippen LogP contribution in [0.15, 0.2) is 12.7 Å². The highest BCUT2D eigenvalue weighted by atomic mass is 16.2. The van der Waals surface area contributed by atoms with Crippen molar-refractivity contribution < 1.29 is 9.59 Å². The molecule has 0 aromatic carbocycles. The minimum atomic E-state index is -0.239. The van der Waals surface area contributed by atoms with Crippen molar-refractivity contribution >= 4 is 11.8 Å². The summed E-state index contributed by atoms with van der Waals surface area (Å²) in [5.41, 5.74) is 0. The first-order valence-corrected chi connectivity index (χ1v) is 4.83. The number of carbonyl (C=O) groups is 2. The van der Waals surface area contributed by atoms with Crippen LogP contribution in [0.2, 0.25) is 0 Å². The van der Waals surface area contributed by atoms with Gasteiger partial charge in [0.15, 0.2) is 0 Å². The van der Waals surface area contributed by atoms with Crippen LogP contribution >= 0.6 is 0 Å². The Morgan fingerprint density at radius 3 is 2.36 bits per heavy atom. The fourth-order valence-corrected chi connectivity index (χ4v) is 1.10. The number of amides is 2. The topological polar surface area (TPSA) is 49.4 Å². The maximum atomic E-state index is 11.4. The Hall–Kier alpha value is -1.32. The van der Waals surface area contributed by atoms with Gasteiger partial charge in [-0.3, -0.25) is 9.59 Å². The van der Waals surface area contributed by atoms with Crippen molar-refractivity contribution in [3.63, 3.8) is 0 Å². The molecule has 0 aromatic rings. The molecule has 0 rings (SSSR count). The van der Waals surface area contributed by atoms with Gasteiger partial charge in [-0.25, -0.2) is 0 Å². The summed E-state index contributed by atoms with van der Waals surface area (Å²) in [5, 5.41) is 2.56. The third-order valence-corrected chi connectivity index (χ3v) is 1.94. The first-order valence-electron chi connectivity index (χ1n) is 4.83. The van der Waals surface area contributed by atoms with Crippen molar-refractivity contribution in [1.29, 1.82) is 0 Å². The van der Waals surface area contributed by atoms with E-state index in [0.717, 1.165) is 0 Å². The molecule has 0 heterocycles. The molecule has 0 radical (unpaired) electrons. The Morgan fingerprint density at radius 2 is 1.93 bits per heavy atom. The van der Waals surface area contributed by atoms with E-state index in [0.29, 0.717) is 26.1 Å². The van der Waals surface area contributed by atoms with Crippen molar-refractivity contribution in [2.24, 2.45) is 0 Å². The van der Waals surface area contributed by atoms with Gasteiger partial charge in [-0.05, 0) is 19.9 Å². The standard InChI is InChI=1S/C10H18N2O2/c1-4-9(13)11-8-7-10(14)12(5-2)6-3/h4H,1,5-8H2,2-3H3,(H,11,13). The zero-order valence-electron chi connectivity index (χ0n) is 8.88. The molecule has 0 fully saturated rings. The molecule has 2 amide bonds. The lowest BCUT2D eigenvalue weighted by atomic mass is 10.3. The Labute approximate surface area is 85.0 Å². The summed E-state index contributed by atoms with van der Waals surface area (Å²) in [6, 6.07) is 0. The molecule has 0 aliphatic rings. The second-order valence-electron chi connectivity index (χ2n) is 2.81. The Kier molecular flexibility index (Phi) is 6.45. The van der Waals surface area contributed by atoms with Gasteiger partial charge in [-0.1, -0.05) is 6.58 Å². The van der Waals surface area contributed by atoms with Gasteiger partial charge in [-0.2, -0.15) is 0 Å². The molecule has 4 nitrogen and oxygen atoms in total. The maximum absolute atomic E-state index is 11.4. The van der Waals surface area contributed by atoms with Gasteiger partial charge in [0.25, 0.3) is 0 Å². The molecule has 0 aliphatic carbocycles. The third kappa shape index (κ3) is 4.64. The van der Waals surface area contributed by atoms with Crippen LogP contribution in [0.5, 0.6) is 0 Å². The molecule has 0 saturated heterocycles. The van der Waals surface area contributed by atoms with Crippen molar-refractivity contribution in [3.05, 3.63) is 12.7 Å². The minimum absolute atomic E-state index is 0.0689. The van der Waals surface area contributed by atoms with E-state index >= 15 is 0 Å². The predicted octanol–water partition coefficient (Wildman–Crippen LogP) is 0.547. The number of hydrogen-bond acceptors (Lipinski definition) is 2. The predicted molar refractivity (Wildman–Crippen MR) is 55.8 cm³/mol. The molecule has 4 heteroatoms. The summed E-state index contributed by atoms with van der Waals surface area (Å²) in [5.74, 6) is -0.170. The first-order chi connectivity index (χ1) is 6.65. The molecule has 1 N–H and O–H groups in total. The van der Waals surface area contributed by atoms with E-state index in [1.165, 1.54) is 6.08 Å². The normalized spacial score (nSPS) is 9.29. The Morgan fingerprint density at radius 1 is 1.36 bits per heavy atom. The molecular formula is C10H18N2O2. The SMILES string of the molecule is C=CC(=O)NCCC(=O)N(CC)CC. The summed E-state index contributed by atoms with van der Waals surface area (Å²) < 4.78 is 0. The van der Waals surface area contributed by atoms with Crippen LogP contribution in [-0.2, 0) is 9.59 Å². The van der Waals surface area contributed by atoms with Crippen LogP contribution < -0.4 is 5.32 Å². The van der Waals surface area contributed by atoms with Gasteiger partial charge in [0.2, 0.25) is 11.8 Å². The molecule has 80 valence electrons. The van der Waals surface area contributed by atoms with E-state index in [1.54, 1.807) is 4.90 Å². The highest BCUT2D eigenvalue weighted by molar-refractivity contribution is 5.87. The third-order valence-electron chi connectivity index (χ3n) is 1.94. The van der Waals surface area contributed by atoms with E-state index in [9.17, 15) is 9.59 Å². The highest BCUT2D eigenvalue weighted by Gasteiger charge is 2.08. The molecular weight excluding hydrogens is 180 g/mol. The zero-order chi connectivity index (χ0) is 11.0. The summed E-state index contributed by atoms with van der Waals surface area (Å²) in [4.78, 5) is 23.9. The molecule has 0 bridgehead atoms. The van der Waals surface area contributed by atoms with Crippen molar-refractivity contribution in [2.75, 3.05) is 19.6 Å². The maximum Gasteiger partial charge on any atom is 0.243 e. The van der Waals surface area contributed by atoms with E-state index in [4.69, 9.17) is 0 Å². The Bertz CT molecular complexity index is 210. The van der Waals surface area contributed by atoms with Crippen LogP contribution in [0, 0.1) is 0 Å². The summed E-state index contributed by atoms with van der Waals surface area (Å²) >= 11 is 0. The number of nitrogens with one attached hydrogen (secondary N) is 1. The second-order valence-corrected chi connectivity index (χ2v) is 2.81. The van der Waals surface area contributed by atoms with Gasteiger partial charge in [0, 0.05) is 26.1 Å². The summed E-state index contributed by atoms with van der Waals surface area (Å²) in [7, 11) is 0. The highest BCUT2D eigenvalue weighted by Crippen LogP contribution is 1.92. The molecule has 0 aromatic heterocycles. The lowest BCUT2D eigenvalue weighted by molar-refractivity contribution is -0.130. The van der Waals surface area contributed by atoms with Crippen LogP contribution in [0.4, 0.5) is 0 Å². The quantitative estimate of drug-likeness (QED) is 0.633.